The summed E-state index contributed by atoms with van der Waals surface area (Å²) >= 11 is 0. The number of pyridine rings is 1. The van der Waals surface area contributed by atoms with Crippen LogP contribution in [0.5, 0.6) is 11.5 Å². The van der Waals surface area contributed by atoms with Crippen molar-refractivity contribution in [3.05, 3.63) is 53.6 Å². The highest BCUT2D eigenvalue weighted by molar-refractivity contribution is 6.09. The van der Waals surface area contributed by atoms with Crippen molar-refractivity contribution in [2.75, 3.05) is 14.2 Å². The normalized spacial score (nSPS) is 10.1. The molecule has 19 heavy (non-hydrogen) atoms. The van der Waals surface area contributed by atoms with E-state index in [1.165, 1.54) is 26.4 Å². The van der Waals surface area contributed by atoms with E-state index in [-0.39, 0.29) is 11.5 Å². The molecule has 0 radical (unpaired) electrons. The Hall–Kier alpha value is -2.43. The maximum atomic E-state index is 12.8. The van der Waals surface area contributed by atoms with E-state index in [9.17, 15) is 9.18 Å². The molecule has 0 amide bonds. The molecule has 0 aliphatic heterocycles. The van der Waals surface area contributed by atoms with Crippen LogP contribution in [0.15, 0.2) is 36.5 Å². The number of carbonyl (C=O) groups is 1. The Morgan fingerprint density at radius 2 is 1.95 bits per heavy atom. The van der Waals surface area contributed by atoms with Crippen LogP contribution in [0, 0.1) is 5.82 Å². The molecule has 0 saturated carbocycles. The van der Waals surface area contributed by atoms with Gasteiger partial charge in [0.05, 0.1) is 26.0 Å². The van der Waals surface area contributed by atoms with Crippen molar-refractivity contribution < 1.29 is 18.7 Å². The zero-order valence-electron chi connectivity index (χ0n) is 10.5. The predicted octanol–water partition coefficient (Wildman–Crippen LogP) is 2.47. The highest BCUT2D eigenvalue weighted by Gasteiger charge is 2.16. The van der Waals surface area contributed by atoms with E-state index in [0.717, 1.165) is 6.20 Å². The van der Waals surface area contributed by atoms with E-state index >= 15 is 0 Å². The molecule has 98 valence electrons. The van der Waals surface area contributed by atoms with Crippen LogP contribution in [0.1, 0.15) is 16.1 Å². The highest BCUT2D eigenvalue weighted by atomic mass is 19.1. The maximum absolute atomic E-state index is 12.8. The number of carbonyl (C=O) groups excluding carboxylic acids is 1. The minimum atomic E-state index is -0.492. The number of halogens is 1. The zero-order valence-corrected chi connectivity index (χ0v) is 10.5. The van der Waals surface area contributed by atoms with Crippen LogP contribution in [0.3, 0.4) is 0 Å². The highest BCUT2D eigenvalue weighted by Crippen LogP contribution is 2.25. The van der Waals surface area contributed by atoms with E-state index in [1.54, 1.807) is 18.2 Å². The predicted molar refractivity (Wildman–Crippen MR) is 67.2 cm³/mol. The number of benzene rings is 1. The lowest BCUT2D eigenvalue weighted by Gasteiger charge is -2.09. The van der Waals surface area contributed by atoms with Gasteiger partial charge in [-0.2, -0.15) is 0 Å². The summed E-state index contributed by atoms with van der Waals surface area (Å²) in [5.74, 6) is 0.105. The number of ether oxygens (including phenoxy) is 2. The summed E-state index contributed by atoms with van der Waals surface area (Å²) in [5.41, 5.74) is 0.467. The second-order valence-electron chi connectivity index (χ2n) is 3.76. The molecule has 1 aromatic carbocycles. The van der Waals surface area contributed by atoms with Gasteiger partial charge in [0.2, 0.25) is 5.78 Å². The molecule has 2 aromatic rings. The standard InChI is InChI=1S/C14H12FNO3/c1-18-10-4-6-13(19-2)11(7-10)14(17)12-5-3-9(15)8-16-12/h3-8H,1-2H3. The van der Waals surface area contributed by atoms with E-state index in [4.69, 9.17) is 9.47 Å². The second kappa shape index (κ2) is 5.48. The van der Waals surface area contributed by atoms with Gasteiger partial charge in [-0.25, -0.2) is 9.37 Å². The number of hydrogen-bond acceptors (Lipinski definition) is 4. The first-order chi connectivity index (χ1) is 9.15. The number of rotatable bonds is 4. The Morgan fingerprint density at radius 3 is 2.53 bits per heavy atom. The molecule has 0 fully saturated rings. The van der Waals surface area contributed by atoms with Gasteiger partial charge in [-0.1, -0.05) is 0 Å². The van der Waals surface area contributed by atoms with E-state index in [0.29, 0.717) is 17.1 Å². The number of nitrogens with zero attached hydrogens (tertiary/aromatic N) is 1. The molecule has 0 spiro atoms. The number of methoxy groups -OCH3 is 2. The molecule has 0 bridgehead atoms. The molecule has 4 nitrogen and oxygen atoms in total. The van der Waals surface area contributed by atoms with Crippen LogP contribution in [0.25, 0.3) is 0 Å². The van der Waals surface area contributed by atoms with Crippen LogP contribution in [0.4, 0.5) is 4.39 Å². The largest absolute Gasteiger partial charge is 0.497 e. The van der Waals surface area contributed by atoms with Gasteiger partial charge in [-0.15, -0.1) is 0 Å². The molecule has 5 heteroatoms. The smallest absolute Gasteiger partial charge is 0.215 e. The molecule has 0 atom stereocenters. The number of aromatic nitrogens is 1. The first kappa shape index (κ1) is 13.0. The average Bonchev–Trinajstić information content (AvgIpc) is 2.46. The van der Waals surface area contributed by atoms with Gasteiger partial charge in [-0.3, -0.25) is 4.79 Å². The minimum Gasteiger partial charge on any atom is -0.497 e. The van der Waals surface area contributed by atoms with E-state index in [2.05, 4.69) is 4.98 Å². The average molecular weight is 261 g/mol. The van der Waals surface area contributed by atoms with Crippen LogP contribution in [-0.4, -0.2) is 25.0 Å². The molecule has 2 rings (SSSR count). The number of hydrogen-bond donors (Lipinski definition) is 0. The minimum absolute atomic E-state index is 0.146. The fourth-order valence-corrected chi connectivity index (χ4v) is 1.64. The van der Waals surface area contributed by atoms with Crippen molar-refractivity contribution >= 4 is 5.78 Å². The lowest BCUT2D eigenvalue weighted by atomic mass is 10.1. The number of ketones is 1. The Labute approximate surface area is 109 Å². The Kier molecular flexibility index (Phi) is 3.75. The van der Waals surface area contributed by atoms with Gasteiger partial charge >= 0.3 is 0 Å². The third-order valence-corrected chi connectivity index (χ3v) is 2.61. The van der Waals surface area contributed by atoms with Gasteiger partial charge in [0.25, 0.3) is 0 Å². The summed E-state index contributed by atoms with van der Waals surface area (Å²) in [4.78, 5) is 16.0. The molecular weight excluding hydrogens is 249 g/mol. The molecule has 0 aliphatic rings. The Bertz CT molecular complexity index is 596. The zero-order chi connectivity index (χ0) is 13.8. The third-order valence-electron chi connectivity index (χ3n) is 2.61. The van der Waals surface area contributed by atoms with Crippen molar-refractivity contribution in [3.63, 3.8) is 0 Å². The molecule has 1 aromatic heterocycles. The summed E-state index contributed by atoms with van der Waals surface area (Å²) in [5, 5.41) is 0. The Morgan fingerprint density at radius 1 is 1.16 bits per heavy atom. The summed E-state index contributed by atoms with van der Waals surface area (Å²) in [6.45, 7) is 0. The third kappa shape index (κ3) is 2.70. The summed E-state index contributed by atoms with van der Waals surface area (Å²) < 4.78 is 23.0. The van der Waals surface area contributed by atoms with Gasteiger partial charge < -0.3 is 9.47 Å². The topological polar surface area (TPSA) is 48.4 Å². The van der Waals surface area contributed by atoms with Gasteiger partial charge in [0, 0.05) is 0 Å². The molecule has 0 aliphatic carbocycles. The first-order valence-electron chi connectivity index (χ1n) is 5.54. The van der Waals surface area contributed by atoms with E-state index in [1.807, 2.05) is 0 Å². The van der Waals surface area contributed by atoms with Crippen LogP contribution < -0.4 is 9.47 Å². The fourth-order valence-electron chi connectivity index (χ4n) is 1.64. The van der Waals surface area contributed by atoms with Crippen molar-refractivity contribution in [1.29, 1.82) is 0 Å². The fraction of sp³-hybridized carbons (Fsp3) is 0.143. The maximum Gasteiger partial charge on any atom is 0.215 e. The summed E-state index contributed by atoms with van der Waals surface area (Å²) in [6, 6.07) is 7.40. The monoisotopic (exact) mass is 261 g/mol. The van der Waals surface area contributed by atoms with Gasteiger partial charge in [0.15, 0.2) is 0 Å². The van der Waals surface area contributed by atoms with Crippen LogP contribution >= 0.6 is 0 Å². The molecule has 0 N–H and O–H groups in total. The summed E-state index contributed by atoms with van der Waals surface area (Å²) in [7, 11) is 2.98. The quantitative estimate of drug-likeness (QED) is 0.793. The van der Waals surface area contributed by atoms with Crippen LogP contribution in [-0.2, 0) is 0 Å². The Balaban J connectivity index is 2.44. The lowest BCUT2D eigenvalue weighted by molar-refractivity contribution is 0.103. The van der Waals surface area contributed by atoms with Gasteiger partial charge in [-0.05, 0) is 30.3 Å². The molecule has 0 unspecified atom stereocenters. The van der Waals surface area contributed by atoms with Crippen molar-refractivity contribution in [2.45, 2.75) is 0 Å². The molecule has 0 saturated heterocycles. The van der Waals surface area contributed by atoms with Crippen LogP contribution in [0.2, 0.25) is 0 Å². The van der Waals surface area contributed by atoms with Crippen molar-refractivity contribution in [3.8, 4) is 11.5 Å². The second-order valence-corrected chi connectivity index (χ2v) is 3.76. The first-order valence-corrected chi connectivity index (χ1v) is 5.54. The lowest BCUT2D eigenvalue weighted by Crippen LogP contribution is -2.06. The van der Waals surface area contributed by atoms with E-state index < -0.39 is 5.82 Å². The molecular formula is C14H12FNO3. The SMILES string of the molecule is COc1ccc(OC)c(C(=O)c2ccc(F)cn2)c1. The van der Waals surface area contributed by atoms with Gasteiger partial charge in [0.1, 0.15) is 23.0 Å². The van der Waals surface area contributed by atoms with Crippen molar-refractivity contribution in [1.82, 2.24) is 4.98 Å². The summed E-state index contributed by atoms with van der Waals surface area (Å²) in [6.07, 6.45) is 1.000. The van der Waals surface area contributed by atoms with Crippen molar-refractivity contribution in [2.24, 2.45) is 0 Å². The molecule has 1 heterocycles.